The summed E-state index contributed by atoms with van der Waals surface area (Å²) in [7, 11) is 0. The van der Waals surface area contributed by atoms with Crippen molar-refractivity contribution >= 4 is 16.8 Å². The van der Waals surface area contributed by atoms with E-state index in [2.05, 4.69) is 66.4 Å². The van der Waals surface area contributed by atoms with Gasteiger partial charge in [-0.15, -0.1) is 0 Å². The number of piperidine rings is 1. The van der Waals surface area contributed by atoms with Crippen LogP contribution >= 0.6 is 0 Å². The number of carbonyl (C=O) groups is 1. The van der Waals surface area contributed by atoms with Crippen LogP contribution in [0.5, 0.6) is 0 Å². The normalized spacial score (nSPS) is 14.5. The first-order valence-corrected chi connectivity index (χ1v) is 11.9. The predicted molar refractivity (Wildman–Crippen MR) is 135 cm³/mol. The largest absolute Gasteiger partial charge is 0.339 e. The number of aromatic nitrogens is 1. The highest BCUT2D eigenvalue weighted by Gasteiger charge is 2.27. The smallest absolute Gasteiger partial charge is 0.254 e. The number of hydrogen-bond donors (Lipinski definition) is 0. The molecule has 166 valence electrons. The Morgan fingerprint density at radius 2 is 1.55 bits per heavy atom. The third-order valence-electron chi connectivity index (χ3n) is 6.94. The minimum Gasteiger partial charge on any atom is -0.339 e. The zero-order chi connectivity index (χ0) is 22.8. The molecule has 1 aromatic heterocycles. The van der Waals surface area contributed by atoms with Crippen LogP contribution in [0.2, 0.25) is 0 Å². The van der Waals surface area contributed by atoms with Gasteiger partial charge in [0.05, 0.1) is 16.8 Å². The maximum Gasteiger partial charge on any atom is 0.254 e. The molecule has 0 N–H and O–H groups in total. The van der Waals surface area contributed by atoms with Gasteiger partial charge >= 0.3 is 0 Å². The van der Waals surface area contributed by atoms with Gasteiger partial charge in [-0.3, -0.25) is 4.79 Å². The molecule has 5 rings (SSSR count). The first-order valence-electron chi connectivity index (χ1n) is 11.9. The molecule has 1 saturated heterocycles. The van der Waals surface area contributed by atoms with Crippen molar-refractivity contribution in [2.75, 3.05) is 13.1 Å². The molecule has 4 aromatic rings. The number of fused-ring (bicyclic) bond motifs is 1. The summed E-state index contributed by atoms with van der Waals surface area (Å²) in [5, 5.41) is 0.947. The summed E-state index contributed by atoms with van der Waals surface area (Å²) in [6.07, 6.45) is 3.19. The van der Waals surface area contributed by atoms with E-state index in [1.807, 2.05) is 31.2 Å². The van der Waals surface area contributed by atoms with Crippen LogP contribution in [0.4, 0.5) is 0 Å². The molecule has 0 bridgehead atoms. The van der Waals surface area contributed by atoms with Crippen molar-refractivity contribution in [1.29, 1.82) is 0 Å². The molecule has 1 fully saturated rings. The SMILES string of the molecule is Cc1ccc(-c2nc3ccccc3c(C(=O)N3CCC(Cc4ccccc4)CC3)c2C)cc1. The van der Waals surface area contributed by atoms with E-state index in [0.29, 0.717) is 5.92 Å². The second kappa shape index (κ2) is 9.19. The third-order valence-corrected chi connectivity index (χ3v) is 6.94. The van der Waals surface area contributed by atoms with Crippen molar-refractivity contribution in [3.63, 3.8) is 0 Å². The Morgan fingerprint density at radius 3 is 2.27 bits per heavy atom. The van der Waals surface area contributed by atoms with Gasteiger partial charge in [0.15, 0.2) is 0 Å². The molecule has 2 heterocycles. The predicted octanol–water partition coefficient (Wildman–Crippen LogP) is 6.61. The maximum absolute atomic E-state index is 13.8. The van der Waals surface area contributed by atoms with Crippen molar-refractivity contribution in [1.82, 2.24) is 9.88 Å². The van der Waals surface area contributed by atoms with Gasteiger partial charge in [-0.1, -0.05) is 78.4 Å². The average molecular weight is 435 g/mol. The third kappa shape index (κ3) is 4.41. The Balaban J connectivity index is 1.43. The number of para-hydroxylation sites is 1. The molecule has 33 heavy (non-hydrogen) atoms. The summed E-state index contributed by atoms with van der Waals surface area (Å²) in [5.41, 5.74) is 7.20. The lowest BCUT2D eigenvalue weighted by Crippen LogP contribution is -2.39. The number of nitrogens with zero attached hydrogens (tertiary/aromatic N) is 2. The van der Waals surface area contributed by atoms with Crippen LogP contribution in [0, 0.1) is 19.8 Å². The summed E-state index contributed by atoms with van der Waals surface area (Å²) < 4.78 is 0. The summed E-state index contributed by atoms with van der Waals surface area (Å²) >= 11 is 0. The van der Waals surface area contributed by atoms with Gasteiger partial charge in [-0.05, 0) is 56.2 Å². The van der Waals surface area contributed by atoms with E-state index in [0.717, 1.165) is 65.6 Å². The molecule has 1 aliphatic heterocycles. The number of hydrogen-bond acceptors (Lipinski definition) is 2. The van der Waals surface area contributed by atoms with Crippen molar-refractivity contribution in [3.8, 4) is 11.3 Å². The zero-order valence-electron chi connectivity index (χ0n) is 19.4. The van der Waals surface area contributed by atoms with E-state index in [9.17, 15) is 4.79 Å². The summed E-state index contributed by atoms with van der Waals surface area (Å²) in [4.78, 5) is 20.8. The van der Waals surface area contributed by atoms with E-state index in [-0.39, 0.29) is 5.91 Å². The van der Waals surface area contributed by atoms with E-state index in [1.165, 1.54) is 11.1 Å². The Labute approximate surface area is 196 Å². The lowest BCUT2D eigenvalue weighted by Gasteiger charge is -2.33. The number of benzene rings is 3. The van der Waals surface area contributed by atoms with Crippen molar-refractivity contribution < 1.29 is 4.79 Å². The molecule has 0 unspecified atom stereocenters. The number of amides is 1. The Kier molecular flexibility index (Phi) is 5.95. The minimum absolute atomic E-state index is 0.137. The van der Waals surface area contributed by atoms with Gasteiger partial charge in [0.1, 0.15) is 0 Å². The zero-order valence-corrected chi connectivity index (χ0v) is 19.4. The summed E-state index contributed by atoms with van der Waals surface area (Å²) in [6, 6.07) is 27.1. The first-order chi connectivity index (χ1) is 16.1. The number of pyridine rings is 1. The summed E-state index contributed by atoms with van der Waals surface area (Å²) in [5.74, 6) is 0.771. The molecule has 3 nitrogen and oxygen atoms in total. The molecule has 0 spiro atoms. The molecule has 0 radical (unpaired) electrons. The average Bonchev–Trinajstić information content (AvgIpc) is 2.85. The summed E-state index contributed by atoms with van der Waals surface area (Å²) in [6.45, 7) is 5.75. The molecule has 0 atom stereocenters. The Bertz CT molecular complexity index is 1270. The number of likely N-dealkylation sites (tertiary alicyclic amines) is 1. The lowest BCUT2D eigenvalue weighted by atomic mass is 9.89. The Hall–Kier alpha value is -3.46. The van der Waals surface area contributed by atoms with E-state index >= 15 is 0 Å². The molecule has 0 saturated carbocycles. The van der Waals surface area contributed by atoms with E-state index in [1.54, 1.807) is 0 Å². The second-order valence-corrected chi connectivity index (χ2v) is 9.27. The van der Waals surface area contributed by atoms with Crippen LogP contribution in [0.25, 0.3) is 22.2 Å². The van der Waals surface area contributed by atoms with Gasteiger partial charge in [0.25, 0.3) is 5.91 Å². The maximum atomic E-state index is 13.8. The van der Waals surface area contributed by atoms with Gasteiger partial charge in [0.2, 0.25) is 0 Å². The molecular formula is C30H30N2O. The Morgan fingerprint density at radius 1 is 0.879 bits per heavy atom. The van der Waals surface area contributed by atoms with Gasteiger partial charge in [-0.2, -0.15) is 0 Å². The van der Waals surface area contributed by atoms with Crippen molar-refractivity contribution in [2.45, 2.75) is 33.1 Å². The highest BCUT2D eigenvalue weighted by Crippen LogP contribution is 2.32. The first kappa shape index (κ1) is 21.4. The van der Waals surface area contributed by atoms with Gasteiger partial charge in [-0.25, -0.2) is 4.98 Å². The topological polar surface area (TPSA) is 33.2 Å². The molecule has 3 heteroatoms. The molecule has 0 aliphatic carbocycles. The van der Waals surface area contributed by atoms with Crippen LogP contribution in [-0.4, -0.2) is 28.9 Å². The van der Waals surface area contributed by atoms with E-state index in [4.69, 9.17) is 4.98 Å². The molecule has 1 aliphatic rings. The van der Waals surface area contributed by atoms with Crippen molar-refractivity contribution in [2.24, 2.45) is 5.92 Å². The fourth-order valence-corrected chi connectivity index (χ4v) is 5.02. The van der Waals surface area contributed by atoms with Crippen LogP contribution < -0.4 is 0 Å². The second-order valence-electron chi connectivity index (χ2n) is 9.27. The highest BCUT2D eigenvalue weighted by molar-refractivity contribution is 6.08. The van der Waals surface area contributed by atoms with Crippen LogP contribution in [0.3, 0.4) is 0 Å². The molecule has 1 amide bonds. The monoisotopic (exact) mass is 434 g/mol. The number of aryl methyl sites for hydroxylation is 1. The van der Waals surface area contributed by atoms with Crippen LogP contribution in [-0.2, 0) is 6.42 Å². The van der Waals surface area contributed by atoms with Gasteiger partial charge in [0, 0.05) is 24.0 Å². The quantitative estimate of drug-likeness (QED) is 0.362. The molecule has 3 aromatic carbocycles. The number of rotatable bonds is 4. The fourth-order valence-electron chi connectivity index (χ4n) is 5.02. The van der Waals surface area contributed by atoms with E-state index < -0.39 is 0 Å². The van der Waals surface area contributed by atoms with Gasteiger partial charge < -0.3 is 4.90 Å². The van der Waals surface area contributed by atoms with Crippen LogP contribution in [0.15, 0.2) is 78.9 Å². The number of carbonyl (C=O) groups excluding carboxylic acids is 1. The standard InChI is InChI=1S/C30H30N2O/c1-21-12-14-25(15-13-21)29-22(2)28(26-10-6-7-11-27(26)31-29)30(33)32-18-16-24(17-19-32)20-23-8-4-3-5-9-23/h3-15,24H,16-20H2,1-2H3. The van der Waals surface area contributed by atoms with Crippen molar-refractivity contribution in [3.05, 3.63) is 101 Å². The minimum atomic E-state index is 0.137. The fraction of sp³-hybridized carbons (Fsp3) is 0.267. The highest BCUT2D eigenvalue weighted by atomic mass is 16.2. The lowest BCUT2D eigenvalue weighted by molar-refractivity contribution is 0.0692. The van der Waals surface area contributed by atoms with Crippen LogP contribution in [0.1, 0.15) is 39.9 Å². The molecular weight excluding hydrogens is 404 g/mol.